The maximum Gasteiger partial charge on any atom is 0.181 e. The van der Waals surface area contributed by atoms with Crippen molar-refractivity contribution in [2.45, 2.75) is 11.5 Å². The first kappa shape index (κ1) is 19.1. The molecule has 2 aromatic carbocycles. The summed E-state index contributed by atoms with van der Waals surface area (Å²) >= 11 is 1.07. The number of aliphatic hydroxyl groups is 1. The van der Waals surface area contributed by atoms with Gasteiger partial charge in [-0.15, -0.1) is 0 Å². The first-order chi connectivity index (χ1) is 14.1. The van der Waals surface area contributed by atoms with Gasteiger partial charge in [0.1, 0.15) is 17.2 Å². The maximum absolute atomic E-state index is 13.4. The Kier molecular flexibility index (Phi) is 5.28. The van der Waals surface area contributed by atoms with Gasteiger partial charge in [0.25, 0.3) is 0 Å². The van der Waals surface area contributed by atoms with E-state index in [1.165, 1.54) is 12.1 Å². The lowest BCUT2D eigenvalue weighted by atomic mass is 10.2. The Bertz CT molecular complexity index is 1190. The molecule has 0 fully saturated rings. The average Bonchev–Trinajstić information content (AvgIpc) is 3.13. The molecule has 6 nitrogen and oxygen atoms in total. The Morgan fingerprint density at radius 2 is 1.93 bits per heavy atom. The molecular weight excluding hydrogens is 391 g/mol. The Morgan fingerprint density at radius 1 is 1.14 bits per heavy atom. The number of nitrogens with one attached hydrogen (secondary N) is 1. The molecule has 8 heteroatoms. The van der Waals surface area contributed by atoms with Crippen LogP contribution in [0.4, 0.5) is 10.1 Å². The number of benzene rings is 2. The number of aromatic nitrogens is 3. The van der Waals surface area contributed by atoms with E-state index >= 15 is 0 Å². The van der Waals surface area contributed by atoms with Crippen LogP contribution in [-0.4, -0.2) is 32.3 Å². The highest BCUT2D eigenvalue weighted by Crippen LogP contribution is 2.33. The third-order valence-electron chi connectivity index (χ3n) is 4.49. The van der Waals surface area contributed by atoms with Crippen molar-refractivity contribution in [3.63, 3.8) is 0 Å². The Balaban J connectivity index is 2.00. The quantitative estimate of drug-likeness (QED) is 0.370. The van der Waals surface area contributed by atoms with Gasteiger partial charge in [0.15, 0.2) is 11.3 Å². The van der Waals surface area contributed by atoms with E-state index in [9.17, 15) is 14.3 Å². The number of fused-ring (bicyclic) bond motifs is 1. The van der Waals surface area contributed by atoms with E-state index in [2.05, 4.69) is 15.3 Å². The number of halogens is 1. The van der Waals surface area contributed by atoms with E-state index in [-0.39, 0.29) is 12.4 Å². The van der Waals surface area contributed by atoms with Crippen LogP contribution in [0.2, 0.25) is 0 Å². The zero-order valence-corrected chi connectivity index (χ0v) is 16.3. The van der Waals surface area contributed by atoms with E-state index in [1.54, 1.807) is 31.3 Å². The van der Waals surface area contributed by atoms with Crippen molar-refractivity contribution in [3.8, 4) is 17.1 Å². The van der Waals surface area contributed by atoms with Gasteiger partial charge in [0.2, 0.25) is 0 Å². The summed E-state index contributed by atoms with van der Waals surface area (Å²) in [6.07, 6.45) is 0. The molecule has 0 saturated heterocycles. The van der Waals surface area contributed by atoms with E-state index in [0.29, 0.717) is 22.7 Å². The second kappa shape index (κ2) is 8.02. The summed E-state index contributed by atoms with van der Waals surface area (Å²) in [5.41, 5.74) is 4.78. The van der Waals surface area contributed by atoms with Gasteiger partial charge in [0, 0.05) is 23.2 Å². The van der Waals surface area contributed by atoms with Crippen molar-refractivity contribution in [1.29, 1.82) is 0 Å². The smallest absolute Gasteiger partial charge is 0.181 e. The summed E-state index contributed by atoms with van der Waals surface area (Å²) in [7, 11) is 1.79. The molecule has 4 rings (SSSR count). The molecule has 0 bridgehead atoms. The lowest BCUT2D eigenvalue weighted by Crippen LogP contribution is -2.01. The second-order valence-corrected chi connectivity index (χ2v) is 7.09. The fourth-order valence-corrected chi connectivity index (χ4v) is 3.72. The second-order valence-electron chi connectivity index (χ2n) is 6.23. The molecular formula is C21H17FN4O2S. The number of carbonyl (C=O) groups excluding carboxylic acids is 1. The number of rotatable bonds is 6. The van der Waals surface area contributed by atoms with Gasteiger partial charge in [-0.2, -0.15) is 0 Å². The summed E-state index contributed by atoms with van der Waals surface area (Å²) in [5, 5.41) is 12.6. The van der Waals surface area contributed by atoms with E-state index in [0.717, 1.165) is 39.2 Å². The minimum Gasteiger partial charge on any atom is -0.390 e. The largest absolute Gasteiger partial charge is 0.390 e. The van der Waals surface area contributed by atoms with Crippen LogP contribution >= 0.6 is 11.8 Å². The number of imidazole rings is 1. The molecule has 0 aliphatic rings. The zero-order chi connectivity index (χ0) is 20.4. The van der Waals surface area contributed by atoms with Gasteiger partial charge < -0.3 is 10.4 Å². The zero-order valence-electron chi connectivity index (χ0n) is 15.5. The molecule has 2 heterocycles. The van der Waals surface area contributed by atoms with Crippen molar-refractivity contribution >= 4 is 34.2 Å². The molecule has 2 N–H and O–H groups in total. The lowest BCUT2D eigenvalue weighted by Gasteiger charge is -2.13. The molecule has 0 spiro atoms. The van der Waals surface area contributed by atoms with Gasteiger partial charge in [0.05, 0.1) is 18.0 Å². The molecule has 0 atom stereocenters. The molecule has 0 unspecified atom stereocenters. The highest BCUT2D eigenvalue weighted by molar-refractivity contribution is 8.12. The number of thioether (sulfide) groups is 1. The third kappa shape index (κ3) is 3.59. The Morgan fingerprint density at radius 3 is 2.62 bits per heavy atom. The average molecular weight is 408 g/mol. The summed E-state index contributed by atoms with van der Waals surface area (Å²) in [6.45, 7) is -0.196. The molecule has 29 heavy (non-hydrogen) atoms. The first-order valence-electron chi connectivity index (χ1n) is 8.82. The minimum atomic E-state index is -0.333. The SMILES string of the molecule is CNc1ccc(-n2c(-c3ccc(F)cc3)nc3ccc(CO)nc32)cc1SC=O. The topological polar surface area (TPSA) is 80.0 Å². The summed E-state index contributed by atoms with van der Waals surface area (Å²) in [4.78, 5) is 21.1. The van der Waals surface area contributed by atoms with Gasteiger partial charge in [-0.25, -0.2) is 14.4 Å². The van der Waals surface area contributed by atoms with Crippen LogP contribution in [0.5, 0.6) is 0 Å². The fraction of sp³-hybridized carbons (Fsp3) is 0.0952. The maximum atomic E-state index is 13.4. The number of carbonyl (C=O) groups is 1. The standard InChI is InChI=1S/C21H17FN4O2S/c1-23-17-9-7-16(10-19(17)29-12-28)26-20(13-2-4-14(22)5-3-13)25-18-8-6-15(11-27)24-21(18)26/h2-10,12,23,27H,11H2,1H3. The number of anilines is 1. The number of nitrogens with zero attached hydrogens (tertiary/aromatic N) is 3. The summed E-state index contributed by atoms with van der Waals surface area (Å²) < 4.78 is 15.3. The van der Waals surface area contributed by atoms with Crippen LogP contribution in [0.3, 0.4) is 0 Å². The van der Waals surface area contributed by atoms with Crippen molar-refractivity contribution < 1.29 is 14.3 Å². The fourth-order valence-electron chi connectivity index (χ4n) is 3.13. The number of aliphatic hydroxyl groups excluding tert-OH is 1. The van der Waals surface area contributed by atoms with Crippen LogP contribution in [-0.2, 0) is 11.4 Å². The van der Waals surface area contributed by atoms with Crippen molar-refractivity contribution in [2.24, 2.45) is 0 Å². The van der Waals surface area contributed by atoms with Gasteiger partial charge >= 0.3 is 0 Å². The summed E-state index contributed by atoms with van der Waals surface area (Å²) in [6, 6.07) is 15.2. The molecule has 0 aliphatic carbocycles. The molecule has 0 amide bonds. The van der Waals surface area contributed by atoms with Gasteiger partial charge in [-0.3, -0.25) is 9.36 Å². The lowest BCUT2D eigenvalue weighted by molar-refractivity contribution is 0.277. The van der Waals surface area contributed by atoms with Crippen LogP contribution < -0.4 is 5.32 Å². The van der Waals surface area contributed by atoms with E-state index < -0.39 is 0 Å². The van der Waals surface area contributed by atoms with Gasteiger partial charge in [-0.1, -0.05) is 11.8 Å². The number of hydrogen-bond donors (Lipinski definition) is 2. The number of pyridine rings is 1. The number of hydrogen-bond acceptors (Lipinski definition) is 6. The predicted molar refractivity (Wildman–Crippen MR) is 112 cm³/mol. The Hall–Kier alpha value is -3.23. The van der Waals surface area contributed by atoms with Crippen LogP contribution in [0, 0.1) is 5.82 Å². The highest BCUT2D eigenvalue weighted by Gasteiger charge is 2.17. The van der Waals surface area contributed by atoms with Gasteiger partial charge in [-0.05, 0) is 54.6 Å². The minimum absolute atomic E-state index is 0.196. The highest BCUT2D eigenvalue weighted by atomic mass is 32.2. The molecule has 4 aromatic rings. The van der Waals surface area contributed by atoms with Crippen LogP contribution in [0.15, 0.2) is 59.5 Å². The third-order valence-corrected chi connectivity index (χ3v) is 5.18. The van der Waals surface area contributed by atoms with Crippen LogP contribution in [0.25, 0.3) is 28.2 Å². The molecule has 0 aliphatic heterocycles. The van der Waals surface area contributed by atoms with Crippen molar-refractivity contribution in [1.82, 2.24) is 14.5 Å². The Labute approximate surface area is 170 Å². The first-order valence-corrected chi connectivity index (χ1v) is 9.70. The molecule has 0 radical (unpaired) electrons. The predicted octanol–water partition coefficient (Wildman–Crippen LogP) is 4.04. The normalized spacial score (nSPS) is 11.0. The van der Waals surface area contributed by atoms with Crippen molar-refractivity contribution in [3.05, 3.63) is 66.1 Å². The molecule has 146 valence electrons. The van der Waals surface area contributed by atoms with E-state index in [1.807, 2.05) is 22.8 Å². The monoisotopic (exact) mass is 408 g/mol. The summed E-state index contributed by atoms with van der Waals surface area (Å²) in [5.74, 6) is 0.252. The molecule has 0 saturated carbocycles. The molecule has 2 aromatic heterocycles. The van der Waals surface area contributed by atoms with Crippen LogP contribution in [0.1, 0.15) is 5.69 Å². The van der Waals surface area contributed by atoms with E-state index in [4.69, 9.17) is 0 Å². The van der Waals surface area contributed by atoms with Crippen molar-refractivity contribution in [2.75, 3.05) is 12.4 Å².